The monoisotopic (exact) mass is 302 g/mol. The van der Waals surface area contributed by atoms with Gasteiger partial charge in [0.1, 0.15) is 11.0 Å². The van der Waals surface area contributed by atoms with Crippen LogP contribution in [0.5, 0.6) is 0 Å². The van der Waals surface area contributed by atoms with E-state index in [0.717, 1.165) is 10.5 Å². The molecule has 0 spiro atoms. The van der Waals surface area contributed by atoms with Crippen molar-refractivity contribution in [2.24, 2.45) is 0 Å². The Hall–Kier alpha value is -0.970. The molecule has 2 N–H and O–H groups in total. The van der Waals surface area contributed by atoms with Crippen LogP contribution in [-0.4, -0.2) is 4.98 Å². The number of halogens is 3. The second kappa shape index (κ2) is 5.78. The number of aromatic nitrogens is 1. The highest BCUT2D eigenvalue weighted by molar-refractivity contribution is 7.98. The van der Waals surface area contributed by atoms with Crippen molar-refractivity contribution in [3.63, 3.8) is 0 Å². The van der Waals surface area contributed by atoms with Crippen molar-refractivity contribution in [3.05, 3.63) is 52.0 Å². The highest BCUT2D eigenvalue weighted by Crippen LogP contribution is 2.28. The van der Waals surface area contributed by atoms with Crippen LogP contribution in [0.4, 0.5) is 10.1 Å². The summed E-state index contributed by atoms with van der Waals surface area (Å²) < 4.78 is 13.2. The molecular weight excluding hydrogens is 294 g/mol. The van der Waals surface area contributed by atoms with Crippen molar-refractivity contribution < 1.29 is 4.39 Å². The van der Waals surface area contributed by atoms with E-state index in [9.17, 15) is 4.39 Å². The first-order valence-corrected chi connectivity index (χ1v) is 6.78. The van der Waals surface area contributed by atoms with Gasteiger partial charge in [-0.2, -0.15) is 0 Å². The van der Waals surface area contributed by atoms with E-state index in [1.54, 1.807) is 24.4 Å². The number of anilines is 1. The lowest BCUT2D eigenvalue weighted by molar-refractivity contribution is 0.629. The Morgan fingerprint density at radius 2 is 2.06 bits per heavy atom. The largest absolute Gasteiger partial charge is 0.396 e. The van der Waals surface area contributed by atoms with E-state index in [0.29, 0.717) is 15.9 Å². The smallest absolute Gasteiger partial charge is 0.147 e. The molecule has 1 aromatic carbocycles. The summed E-state index contributed by atoms with van der Waals surface area (Å²) in [6.07, 6.45) is 1.62. The van der Waals surface area contributed by atoms with Gasteiger partial charge in [-0.3, -0.25) is 0 Å². The van der Waals surface area contributed by atoms with Gasteiger partial charge in [0, 0.05) is 21.9 Å². The SMILES string of the molecule is Nc1ccc(SCc2cnc(Cl)cc2Cl)cc1F. The first-order chi connectivity index (χ1) is 8.56. The molecule has 0 aliphatic heterocycles. The molecule has 0 atom stereocenters. The van der Waals surface area contributed by atoms with E-state index >= 15 is 0 Å². The molecule has 18 heavy (non-hydrogen) atoms. The van der Waals surface area contributed by atoms with Crippen LogP contribution in [0.2, 0.25) is 10.2 Å². The summed E-state index contributed by atoms with van der Waals surface area (Å²) in [5.74, 6) is 0.173. The molecule has 0 saturated heterocycles. The molecule has 2 nitrogen and oxygen atoms in total. The Morgan fingerprint density at radius 1 is 1.28 bits per heavy atom. The summed E-state index contributed by atoms with van der Waals surface area (Å²) in [5, 5.41) is 0.908. The number of pyridine rings is 1. The minimum absolute atomic E-state index is 0.144. The van der Waals surface area contributed by atoms with E-state index in [1.165, 1.54) is 17.8 Å². The molecule has 0 bridgehead atoms. The predicted molar refractivity (Wildman–Crippen MR) is 74.6 cm³/mol. The van der Waals surface area contributed by atoms with E-state index in [1.807, 2.05) is 0 Å². The topological polar surface area (TPSA) is 38.9 Å². The van der Waals surface area contributed by atoms with Crippen LogP contribution in [0, 0.1) is 5.82 Å². The van der Waals surface area contributed by atoms with Crippen molar-refractivity contribution in [2.75, 3.05) is 5.73 Å². The van der Waals surface area contributed by atoms with Crippen molar-refractivity contribution >= 4 is 40.7 Å². The zero-order valence-corrected chi connectivity index (χ0v) is 11.5. The fraction of sp³-hybridized carbons (Fsp3) is 0.0833. The fourth-order valence-electron chi connectivity index (χ4n) is 1.30. The summed E-state index contributed by atoms with van der Waals surface area (Å²) in [6, 6.07) is 6.29. The van der Waals surface area contributed by atoms with Crippen LogP contribution in [0.1, 0.15) is 5.56 Å². The van der Waals surface area contributed by atoms with Crippen LogP contribution in [0.3, 0.4) is 0 Å². The molecule has 94 valence electrons. The van der Waals surface area contributed by atoms with Gasteiger partial charge in [0.2, 0.25) is 0 Å². The molecule has 1 heterocycles. The molecular formula is C12H9Cl2FN2S. The lowest BCUT2D eigenvalue weighted by Crippen LogP contribution is -1.90. The zero-order valence-electron chi connectivity index (χ0n) is 9.16. The van der Waals surface area contributed by atoms with Gasteiger partial charge in [0.15, 0.2) is 0 Å². The van der Waals surface area contributed by atoms with Crippen molar-refractivity contribution in [1.82, 2.24) is 4.98 Å². The fourth-order valence-corrected chi connectivity index (χ4v) is 2.72. The molecule has 6 heteroatoms. The number of nitrogen functional groups attached to an aromatic ring is 1. The molecule has 0 aliphatic carbocycles. The van der Waals surface area contributed by atoms with Crippen LogP contribution >= 0.6 is 35.0 Å². The number of rotatable bonds is 3. The van der Waals surface area contributed by atoms with Gasteiger partial charge in [-0.25, -0.2) is 9.37 Å². The molecule has 2 rings (SSSR count). The minimum Gasteiger partial charge on any atom is -0.396 e. The number of nitrogens with zero attached hydrogens (tertiary/aromatic N) is 1. The predicted octanol–water partition coefficient (Wildman–Crippen LogP) is 4.40. The molecule has 0 aliphatic rings. The van der Waals surface area contributed by atoms with Crippen LogP contribution in [0.15, 0.2) is 35.4 Å². The zero-order chi connectivity index (χ0) is 13.1. The maximum atomic E-state index is 13.2. The average molecular weight is 303 g/mol. The van der Waals surface area contributed by atoms with Gasteiger partial charge >= 0.3 is 0 Å². The second-order valence-corrected chi connectivity index (χ2v) is 5.41. The first kappa shape index (κ1) is 13.5. The van der Waals surface area contributed by atoms with E-state index in [4.69, 9.17) is 28.9 Å². The van der Waals surface area contributed by atoms with Gasteiger partial charge in [0.05, 0.1) is 5.69 Å². The summed E-state index contributed by atoms with van der Waals surface area (Å²) in [6.45, 7) is 0. The summed E-state index contributed by atoms with van der Waals surface area (Å²) in [4.78, 5) is 4.74. The maximum Gasteiger partial charge on any atom is 0.147 e. The third-order valence-corrected chi connectivity index (χ3v) is 3.86. The maximum absolute atomic E-state index is 13.2. The number of hydrogen-bond donors (Lipinski definition) is 1. The third kappa shape index (κ3) is 3.28. The lowest BCUT2D eigenvalue weighted by Gasteiger charge is -2.05. The Bertz CT molecular complexity index is 578. The van der Waals surface area contributed by atoms with Crippen LogP contribution in [0.25, 0.3) is 0 Å². The van der Waals surface area contributed by atoms with E-state index in [-0.39, 0.29) is 5.69 Å². The molecule has 0 amide bonds. The van der Waals surface area contributed by atoms with Gasteiger partial charge < -0.3 is 5.73 Å². The Morgan fingerprint density at radius 3 is 2.72 bits per heavy atom. The molecule has 0 radical (unpaired) electrons. The number of hydrogen-bond acceptors (Lipinski definition) is 3. The highest BCUT2D eigenvalue weighted by Gasteiger charge is 2.05. The Kier molecular flexibility index (Phi) is 4.32. The molecule has 2 aromatic rings. The molecule has 1 aromatic heterocycles. The standard InChI is InChI=1S/C12H9Cl2FN2S/c13-9-4-12(14)17-5-7(9)6-18-8-1-2-11(16)10(15)3-8/h1-5H,6,16H2. The van der Waals surface area contributed by atoms with E-state index < -0.39 is 5.82 Å². The highest BCUT2D eigenvalue weighted by atomic mass is 35.5. The normalized spacial score (nSPS) is 10.6. The first-order valence-electron chi connectivity index (χ1n) is 5.04. The van der Waals surface area contributed by atoms with Crippen molar-refractivity contribution in [2.45, 2.75) is 10.6 Å². The van der Waals surface area contributed by atoms with Crippen LogP contribution < -0.4 is 5.73 Å². The number of thioether (sulfide) groups is 1. The van der Waals surface area contributed by atoms with Crippen molar-refractivity contribution in [1.29, 1.82) is 0 Å². The van der Waals surface area contributed by atoms with Gasteiger partial charge in [-0.1, -0.05) is 23.2 Å². The lowest BCUT2D eigenvalue weighted by atomic mass is 10.3. The minimum atomic E-state index is -0.416. The number of benzene rings is 1. The summed E-state index contributed by atoms with van der Waals surface area (Å²) in [7, 11) is 0. The average Bonchev–Trinajstić information content (AvgIpc) is 2.32. The molecule has 0 unspecified atom stereocenters. The summed E-state index contributed by atoms with van der Waals surface area (Å²) >= 11 is 13.2. The third-order valence-electron chi connectivity index (χ3n) is 2.26. The second-order valence-electron chi connectivity index (χ2n) is 3.57. The van der Waals surface area contributed by atoms with E-state index in [2.05, 4.69) is 4.98 Å². The molecule has 0 saturated carbocycles. The van der Waals surface area contributed by atoms with Gasteiger partial charge in [-0.05, 0) is 29.8 Å². The Labute approximate surface area is 118 Å². The summed E-state index contributed by atoms with van der Waals surface area (Å²) in [5.41, 5.74) is 6.40. The van der Waals surface area contributed by atoms with Crippen LogP contribution in [-0.2, 0) is 5.75 Å². The van der Waals surface area contributed by atoms with Crippen molar-refractivity contribution in [3.8, 4) is 0 Å². The molecule has 0 fully saturated rings. The Balaban J connectivity index is 2.09. The van der Waals surface area contributed by atoms with Gasteiger partial charge in [-0.15, -0.1) is 11.8 Å². The van der Waals surface area contributed by atoms with Gasteiger partial charge in [0.25, 0.3) is 0 Å². The number of nitrogens with two attached hydrogens (primary N) is 1. The quantitative estimate of drug-likeness (QED) is 0.519.